The highest BCUT2D eigenvalue weighted by atomic mass is 79.9. The van der Waals surface area contributed by atoms with E-state index in [-0.39, 0.29) is 0 Å². The molecule has 0 saturated heterocycles. The summed E-state index contributed by atoms with van der Waals surface area (Å²) < 4.78 is 1.20. The summed E-state index contributed by atoms with van der Waals surface area (Å²) in [6, 6.07) is 11.2. The summed E-state index contributed by atoms with van der Waals surface area (Å²) in [7, 11) is 0. The van der Waals surface area contributed by atoms with E-state index in [2.05, 4.69) is 58.6 Å². The second-order valence-corrected chi connectivity index (χ2v) is 9.89. The first kappa shape index (κ1) is 16.4. The molecule has 0 radical (unpaired) electrons. The highest BCUT2D eigenvalue weighted by molar-refractivity contribution is 9.11. The van der Waals surface area contributed by atoms with E-state index in [4.69, 9.17) is 0 Å². The topological polar surface area (TPSA) is 0 Å². The molecule has 0 nitrogen and oxygen atoms in total. The van der Waals surface area contributed by atoms with Crippen molar-refractivity contribution < 1.29 is 0 Å². The lowest BCUT2D eigenvalue weighted by atomic mass is 10.1. The van der Waals surface area contributed by atoms with Gasteiger partial charge in [0.2, 0.25) is 0 Å². The van der Waals surface area contributed by atoms with Gasteiger partial charge in [-0.25, -0.2) is 0 Å². The van der Waals surface area contributed by atoms with Crippen molar-refractivity contribution in [2.24, 2.45) is 0 Å². The van der Waals surface area contributed by atoms with E-state index in [1.165, 1.54) is 61.0 Å². The van der Waals surface area contributed by atoms with Gasteiger partial charge in [-0.15, -0.1) is 34.0 Å². The van der Waals surface area contributed by atoms with Crippen molar-refractivity contribution >= 4 is 49.9 Å². The molecule has 3 rings (SSSR count). The molecule has 0 fully saturated rings. The number of thiophene rings is 3. The van der Waals surface area contributed by atoms with Gasteiger partial charge >= 0.3 is 0 Å². The number of aryl methyl sites for hydroxylation is 1. The predicted octanol–water partition coefficient (Wildman–Crippen LogP) is 8.09. The first-order valence-electron chi connectivity index (χ1n) is 7.70. The summed E-state index contributed by atoms with van der Waals surface area (Å²) in [4.78, 5) is 5.69. The first-order chi connectivity index (χ1) is 10.8. The van der Waals surface area contributed by atoms with Gasteiger partial charge < -0.3 is 0 Å². The summed E-state index contributed by atoms with van der Waals surface area (Å²) in [6.45, 7) is 2.27. The smallest absolute Gasteiger partial charge is 0.0705 e. The summed E-state index contributed by atoms with van der Waals surface area (Å²) in [5.74, 6) is 0. The molecule has 0 unspecified atom stereocenters. The van der Waals surface area contributed by atoms with Gasteiger partial charge in [0.05, 0.1) is 8.66 Å². The molecule has 0 aliphatic carbocycles. The van der Waals surface area contributed by atoms with Crippen LogP contribution in [0.2, 0.25) is 0 Å². The van der Waals surface area contributed by atoms with Gasteiger partial charge in [-0.3, -0.25) is 0 Å². The molecule has 0 aromatic carbocycles. The van der Waals surface area contributed by atoms with E-state index >= 15 is 0 Å². The third kappa shape index (κ3) is 3.91. The van der Waals surface area contributed by atoms with Crippen LogP contribution in [0, 0.1) is 0 Å². The van der Waals surface area contributed by atoms with Gasteiger partial charge in [0.15, 0.2) is 0 Å². The molecular formula is C18H19BrS3. The quantitative estimate of drug-likeness (QED) is 0.345. The number of hydrogen-bond donors (Lipinski definition) is 0. The van der Waals surface area contributed by atoms with Gasteiger partial charge in [-0.2, -0.15) is 0 Å². The van der Waals surface area contributed by atoms with Crippen molar-refractivity contribution in [3.63, 3.8) is 0 Å². The molecular weight excluding hydrogens is 392 g/mol. The van der Waals surface area contributed by atoms with Gasteiger partial charge in [-0.05, 0) is 64.5 Å². The van der Waals surface area contributed by atoms with Crippen molar-refractivity contribution in [3.8, 4) is 20.2 Å². The van der Waals surface area contributed by atoms with Gasteiger partial charge in [-0.1, -0.05) is 26.2 Å². The maximum atomic E-state index is 3.57. The monoisotopic (exact) mass is 410 g/mol. The molecule has 0 bridgehead atoms. The fourth-order valence-electron chi connectivity index (χ4n) is 2.51. The molecule has 3 aromatic rings. The molecule has 0 saturated carbocycles. The average Bonchev–Trinajstić information content (AvgIpc) is 3.22. The van der Waals surface area contributed by atoms with E-state index in [0.717, 1.165) is 0 Å². The molecule has 116 valence electrons. The van der Waals surface area contributed by atoms with Crippen LogP contribution in [0.4, 0.5) is 0 Å². The standard InChI is InChI=1S/C18H19BrS3/c1-2-3-4-5-6-13-7-8-15(21-13)14-11-12-20-18(14)16-9-10-17(19)22-16/h7-12H,2-6H2,1H3. The minimum absolute atomic E-state index is 1.20. The molecule has 0 spiro atoms. The van der Waals surface area contributed by atoms with Gasteiger partial charge in [0.1, 0.15) is 0 Å². The van der Waals surface area contributed by atoms with Crippen molar-refractivity contribution in [2.75, 3.05) is 0 Å². The Morgan fingerprint density at radius 1 is 0.909 bits per heavy atom. The van der Waals surface area contributed by atoms with Crippen LogP contribution in [0.3, 0.4) is 0 Å². The zero-order valence-electron chi connectivity index (χ0n) is 12.6. The van der Waals surface area contributed by atoms with Gasteiger partial charge in [0, 0.05) is 20.2 Å². The molecule has 0 aliphatic rings. The minimum Gasteiger partial charge on any atom is -0.142 e. The Morgan fingerprint density at radius 3 is 2.55 bits per heavy atom. The van der Waals surface area contributed by atoms with Crippen LogP contribution in [-0.2, 0) is 6.42 Å². The maximum absolute atomic E-state index is 3.57. The number of hydrogen-bond acceptors (Lipinski definition) is 3. The van der Waals surface area contributed by atoms with Crippen LogP contribution >= 0.6 is 49.9 Å². The largest absolute Gasteiger partial charge is 0.142 e. The van der Waals surface area contributed by atoms with Gasteiger partial charge in [0.25, 0.3) is 0 Å². The lowest BCUT2D eigenvalue weighted by Crippen LogP contribution is -1.80. The fraction of sp³-hybridized carbons (Fsp3) is 0.333. The number of rotatable bonds is 7. The summed E-state index contributed by atoms with van der Waals surface area (Å²) >= 11 is 9.19. The van der Waals surface area contributed by atoms with E-state index < -0.39 is 0 Å². The summed E-state index contributed by atoms with van der Waals surface area (Å²) in [5, 5.41) is 2.21. The highest BCUT2D eigenvalue weighted by Gasteiger charge is 2.13. The van der Waals surface area contributed by atoms with E-state index in [1.54, 1.807) is 0 Å². The minimum atomic E-state index is 1.20. The lowest BCUT2D eigenvalue weighted by Gasteiger charge is -1.99. The Bertz CT molecular complexity index is 720. The van der Waals surface area contributed by atoms with Crippen LogP contribution in [0.1, 0.15) is 37.5 Å². The Balaban J connectivity index is 1.75. The lowest BCUT2D eigenvalue weighted by molar-refractivity contribution is 0.670. The Labute approximate surface area is 153 Å². The fourth-order valence-corrected chi connectivity index (χ4v) is 6.10. The molecule has 4 heteroatoms. The molecule has 0 amide bonds. The molecule has 22 heavy (non-hydrogen) atoms. The average molecular weight is 411 g/mol. The SMILES string of the molecule is CCCCCCc1ccc(-c2ccsc2-c2ccc(Br)s2)s1. The predicted molar refractivity (Wildman–Crippen MR) is 106 cm³/mol. The molecule has 3 heterocycles. The third-order valence-electron chi connectivity index (χ3n) is 3.67. The maximum Gasteiger partial charge on any atom is 0.0705 e. The van der Waals surface area contributed by atoms with E-state index in [0.29, 0.717) is 0 Å². The Hall–Kier alpha value is -0.420. The number of unbranched alkanes of at least 4 members (excludes halogenated alkanes) is 3. The molecule has 0 N–H and O–H groups in total. The van der Waals surface area contributed by atoms with Crippen molar-refractivity contribution in [1.82, 2.24) is 0 Å². The van der Waals surface area contributed by atoms with E-state index in [1.807, 2.05) is 34.0 Å². The Kier molecular flexibility index (Phi) is 5.91. The third-order valence-corrected chi connectivity index (χ3v) is 7.56. The van der Waals surface area contributed by atoms with Crippen LogP contribution in [-0.4, -0.2) is 0 Å². The Morgan fingerprint density at radius 2 is 1.77 bits per heavy atom. The zero-order valence-corrected chi connectivity index (χ0v) is 16.6. The van der Waals surface area contributed by atoms with Crippen molar-refractivity contribution in [2.45, 2.75) is 39.0 Å². The number of halogens is 1. The second kappa shape index (κ2) is 7.91. The zero-order chi connectivity index (χ0) is 15.4. The van der Waals surface area contributed by atoms with Crippen LogP contribution in [0.5, 0.6) is 0 Å². The van der Waals surface area contributed by atoms with Crippen molar-refractivity contribution in [3.05, 3.63) is 44.4 Å². The second-order valence-electron chi connectivity index (χ2n) is 5.34. The van der Waals surface area contributed by atoms with E-state index in [9.17, 15) is 0 Å². The summed E-state index contributed by atoms with van der Waals surface area (Å²) in [5.41, 5.74) is 1.39. The highest BCUT2D eigenvalue weighted by Crippen LogP contribution is 2.43. The molecule has 0 atom stereocenters. The first-order valence-corrected chi connectivity index (χ1v) is 11.0. The molecule has 0 aliphatic heterocycles. The summed E-state index contributed by atoms with van der Waals surface area (Å²) in [6.07, 6.45) is 6.58. The van der Waals surface area contributed by atoms with Crippen LogP contribution < -0.4 is 0 Å². The van der Waals surface area contributed by atoms with Crippen molar-refractivity contribution in [1.29, 1.82) is 0 Å². The van der Waals surface area contributed by atoms with Crippen LogP contribution in [0.25, 0.3) is 20.2 Å². The molecule has 3 aromatic heterocycles. The van der Waals surface area contributed by atoms with Crippen LogP contribution in [0.15, 0.2) is 39.5 Å². The normalized spacial score (nSPS) is 11.2.